The summed E-state index contributed by atoms with van der Waals surface area (Å²) in [6.45, 7) is 0. The second kappa shape index (κ2) is 13.9. The summed E-state index contributed by atoms with van der Waals surface area (Å²) in [5.41, 5.74) is 12.0. The van der Waals surface area contributed by atoms with Gasteiger partial charge >= 0.3 is 0 Å². The third-order valence-corrected chi connectivity index (χ3v) is 12.2. The molecule has 0 aliphatic heterocycles. The Labute approximate surface area is 347 Å². The fraction of sp³-hybridized carbons (Fsp3) is 0. The number of anilines is 3. The summed E-state index contributed by atoms with van der Waals surface area (Å²) < 4.78 is 6.49. The van der Waals surface area contributed by atoms with Gasteiger partial charge in [0.2, 0.25) is 0 Å². The Morgan fingerprint density at radius 2 is 0.817 bits per heavy atom. The van der Waals surface area contributed by atoms with Gasteiger partial charge in [0.1, 0.15) is 11.2 Å². The lowest BCUT2D eigenvalue weighted by molar-refractivity contribution is 0.669. The predicted molar refractivity (Wildman–Crippen MR) is 255 cm³/mol. The Bertz CT molecular complexity index is 3610. The molecule has 0 N–H and O–H groups in total. The topological polar surface area (TPSA) is 16.4 Å². The van der Waals surface area contributed by atoms with Crippen LogP contribution in [0.2, 0.25) is 0 Å². The van der Waals surface area contributed by atoms with Crippen LogP contribution in [0.15, 0.2) is 229 Å². The van der Waals surface area contributed by atoms with Crippen molar-refractivity contribution >= 4 is 82.1 Å². The number of rotatable bonds is 6. The van der Waals surface area contributed by atoms with Crippen LogP contribution >= 0.6 is 0 Å². The van der Waals surface area contributed by atoms with Gasteiger partial charge in [-0.15, -0.1) is 0 Å². The molecule has 12 rings (SSSR count). The highest BCUT2D eigenvalue weighted by molar-refractivity contribution is 6.16. The van der Waals surface area contributed by atoms with Crippen molar-refractivity contribution in [2.45, 2.75) is 0 Å². The highest BCUT2D eigenvalue weighted by atomic mass is 16.3. The van der Waals surface area contributed by atoms with Gasteiger partial charge in [-0.2, -0.15) is 0 Å². The van der Waals surface area contributed by atoms with Crippen molar-refractivity contribution < 1.29 is 4.42 Å². The van der Waals surface area contributed by atoms with Crippen LogP contribution in [-0.2, 0) is 0 Å². The van der Waals surface area contributed by atoms with Crippen molar-refractivity contribution in [3.8, 4) is 33.4 Å². The molecular weight excluding hydrogens is 727 g/mol. The zero-order valence-electron chi connectivity index (χ0n) is 32.7. The molecule has 0 aliphatic carbocycles. The molecule has 0 fully saturated rings. The van der Waals surface area contributed by atoms with Gasteiger partial charge in [0.25, 0.3) is 0 Å². The molecule has 0 atom stereocenters. The summed E-state index contributed by atoms with van der Waals surface area (Å²) in [4.78, 5) is 2.43. The highest BCUT2D eigenvalue weighted by Crippen LogP contribution is 2.47. The summed E-state index contributed by atoms with van der Waals surface area (Å²) in [7, 11) is 0. The minimum absolute atomic E-state index is 0.862. The number of hydrogen-bond donors (Lipinski definition) is 0. The highest BCUT2D eigenvalue weighted by Gasteiger charge is 2.23. The molecule has 60 heavy (non-hydrogen) atoms. The van der Waals surface area contributed by atoms with E-state index in [1.54, 1.807) is 0 Å². The zero-order valence-corrected chi connectivity index (χ0v) is 32.7. The van der Waals surface area contributed by atoms with Gasteiger partial charge in [-0.25, -0.2) is 0 Å². The van der Waals surface area contributed by atoms with E-state index in [1.165, 1.54) is 59.8 Å². The second-order valence-electron chi connectivity index (χ2n) is 15.6. The van der Waals surface area contributed by atoms with E-state index < -0.39 is 0 Å². The van der Waals surface area contributed by atoms with E-state index in [9.17, 15) is 0 Å². The SMILES string of the molecule is c1cc(-c2ccc(-c3ccc4ccc5ccccc5c4c3)cc2)cc(N(c2ccccc2-c2cccc3c2ccc2ccccc23)c2cccc3oc4ccccc4c23)c1. The second-order valence-corrected chi connectivity index (χ2v) is 15.6. The van der Waals surface area contributed by atoms with Crippen molar-refractivity contribution in [3.05, 3.63) is 224 Å². The average Bonchev–Trinajstić information content (AvgIpc) is 3.71. The maximum Gasteiger partial charge on any atom is 0.137 e. The molecular formula is C58H37NO. The maximum atomic E-state index is 6.49. The first-order valence-electron chi connectivity index (χ1n) is 20.6. The number of benzene rings is 11. The van der Waals surface area contributed by atoms with Crippen LogP contribution < -0.4 is 4.90 Å². The Morgan fingerprint density at radius 3 is 1.63 bits per heavy atom. The molecule has 0 bridgehead atoms. The zero-order chi connectivity index (χ0) is 39.6. The predicted octanol–water partition coefficient (Wildman–Crippen LogP) is 16.7. The minimum Gasteiger partial charge on any atom is -0.456 e. The van der Waals surface area contributed by atoms with Crippen molar-refractivity contribution in [1.29, 1.82) is 0 Å². The Morgan fingerprint density at radius 1 is 0.283 bits per heavy atom. The number of fused-ring (bicyclic) bond motifs is 9. The van der Waals surface area contributed by atoms with E-state index in [0.29, 0.717) is 0 Å². The Kier molecular flexibility index (Phi) is 7.89. The average molecular weight is 764 g/mol. The Balaban J connectivity index is 1.02. The molecule has 0 aliphatic rings. The van der Waals surface area contributed by atoms with Gasteiger partial charge < -0.3 is 9.32 Å². The molecule has 2 heteroatoms. The van der Waals surface area contributed by atoms with Crippen LogP contribution in [0.3, 0.4) is 0 Å². The summed E-state index contributed by atoms with van der Waals surface area (Å²) in [5.74, 6) is 0. The van der Waals surface area contributed by atoms with E-state index in [0.717, 1.165) is 55.7 Å². The van der Waals surface area contributed by atoms with E-state index in [2.05, 4.69) is 223 Å². The van der Waals surface area contributed by atoms with Crippen LogP contribution in [0.25, 0.3) is 98.4 Å². The van der Waals surface area contributed by atoms with E-state index in [-0.39, 0.29) is 0 Å². The van der Waals surface area contributed by atoms with Crippen LogP contribution in [0.1, 0.15) is 0 Å². The maximum absolute atomic E-state index is 6.49. The van der Waals surface area contributed by atoms with Crippen molar-refractivity contribution in [1.82, 2.24) is 0 Å². The number of hydrogen-bond acceptors (Lipinski definition) is 2. The number of nitrogens with zero attached hydrogens (tertiary/aromatic N) is 1. The van der Waals surface area contributed by atoms with E-state index >= 15 is 0 Å². The summed E-state index contributed by atoms with van der Waals surface area (Å²) in [6, 6.07) is 81.3. The summed E-state index contributed by atoms with van der Waals surface area (Å²) in [6.07, 6.45) is 0. The van der Waals surface area contributed by atoms with Crippen molar-refractivity contribution in [2.75, 3.05) is 4.90 Å². The fourth-order valence-electron chi connectivity index (χ4n) is 9.38. The van der Waals surface area contributed by atoms with Gasteiger partial charge in [0.15, 0.2) is 0 Å². The monoisotopic (exact) mass is 763 g/mol. The molecule has 0 spiro atoms. The smallest absolute Gasteiger partial charge is 0.137 e. The first-order valence-corrected chi connectivity index (χ1v) is 20.6. The molecule has 0 unspecified atom stereocenters. The van der Waals surface area contributed by atoms with Gasteiger partial charge in [-0.05, 0) is 113 Å². The van der Waals surface area contributed by atoms with Gasteiger partial charge in [0, 0.05) is 16.6 Å². The molecule has 0 saturated carbocycles. The molecule has 1 heterocycles. The van der Waals surface area contributed by atoms with Crippen LogP contribution in [0.5, 0.6) is 0 Å². The molecule has 11 aromatic carbocycles. The first kappa shape index (κ1) is 34.1. The first-order chi connectivity index (χ1) is 29.7. The molecule has 12 aromatic rings. The Hall–Kier alpha value is -7.94. The largest absolute Gasteiger partial charge is 0.456 e. The van der Waals surface area contributed by atoms with Crippen molar-refractivity contribution in [2.24, 2.45) is 0 Å². The van der Waals surface area contributed by atoms with Gasteiger partial charge in [-0.1, -0.05) is 182 Å². The molecule has 0 amide bonds. The third kappa shape index (κ3) is 5.57. The molecule has 2 nitrogen and oxygen atoms in total. The quantitative estimate of drug-likeness (QED) is 0.157. The lowest BCUT2D eigenvalue weighted by Crippen LogP contribution is -2.11. The molecule has 1 aromatic heterocycles. The fourth-order valence-corrected chi connectivity index (χ4v) is 9.38. The lowest BCUT2D eigenvalue weighted by atomic mass is 9.93. The number of para-hydroxylation sites is 2. The van der Waals surface area contributed by atoms with E-state index in [1.807, 2.05) is 6.07 Å². The lowest BCUT2D eigenvalue weighted by Gasteiger charge is -2.29. The summed E-state index contributed by atoms with van der Waals surface area (Å²) >= 11 is 0. The van der Waals surface area contributed by atoms with Gasteiger partial charge in [0.05, 0.1) is 16.8 Å². The normalized spacial score (nSPS) is 11.7. The number of furan rings is 1. The standard InChI is InChI=1S/C58H37NO/c1-3-16-46-41(13-1)34-35-50-48(46)20-10-21-49(50)51-18-5-7-22-54(51)59(55-23-11-25-57-58(55)52-19-6-8-24-56(52)60-57)45-15-9-14-43(36-45)38-26-28-39(29-27-38)44-33-32-42-31-30-40-12-2-4-17-47(40)53(42)37-44/h1-37H. The third-order valence-electron chi connectivity index (χ3n) is 12.2. The van der Waals surface area contributed by atoms with Gasteiger partial charge in [-0.3, -0.25) is 0 Å². The minimum atomic E-state index is 0.862. The van der Waals surface area contributed by atoms with Crippen LogP contribution in [0.4, 0.5) is 17.1 Å². The van der Waals surface area contributed by atoms with Crippen molar-refractivity contribution in [3.63, 3.8) is 0 Å². The molecule has 0 radical (unpaired) electrons. The van der Waals surface area contributed by atoms with Crippen LogP contribution in [0, 0.1) is 0 Å². The van der Waals surface area contributed by atoms with E-state index in [4.69, 9.17) is 4.42 Å². The molecule has 280 valence electrons. The summed E-state index contributed by atoms with van der Waals surface area (Å²) in [5, 5.41) is 12.2. The van der Waals surface area contributed by atoms with Crippen LogP contribution in [-0.4, -0.2) is 0 Å². The molecule has 0 saturated heterocycles.